The van der Waals surface area contributed by atoms with E-state index in [2.05, 4.69) is 10.3 Å². The Morgan fingerprint density at radius 1 is 1.42 bits per heavy atom. The van der Waals surface area contributed by atoms with Crippen LogP contribution in [-0.2, 0) is 0 Å². The van der Waals surface area contributed by atoms with Crippen LogP contribution < -0.4 is 15.8 Å². The lowest BCUT2D eigenvalue weighted by Crippen LogP contribution is -2.37. The van der Waals surface area contributed by atoms with E-state index in [0.29, 0.717) is 18.5 Å². The lowest BCUT2D eigenvalue weighted by atomic mass is 9.84. The zero-order chi connectivity index (χ0) is 13.7. The summed E-state index contributed by atoms with van der Waals surface area (Å²) in [4.78, 5) is 4.26. The Morgan fingerprint density at radius 3 is 2.79 bits per heavy atom. The van der Waals surface area contributed by atoms with Crippen LogP contribution in [0.2, 0.25) is 0 Å². The summed E-state index contributed by atoms with van der Waals surface area (Å²) < 4.78 is 5.37. The SMILES string of the molecule is COc1cnc(C)cc1NC(CN)C1CCCCC1. The molecular weight excluding hydrogens is 238 g/mol. The van der Waals surface area contributed by atoms with E-state index in [9.17, 15) is 0 Å². The van der Waals surface area contributed by atoms with Crippen molar-refractivity contribution in [2.24, 2.45) is 11.7 Å². The molecule has 0 saturated heterocycles. The van der Waals surface area contributed by atoms with Gasteiger partial charge in [-0.15, -0.1) is 0 Å². The van der Waals surface area contributed by atoms with Crippen LogP contribution in [-0.4, -0.2) is 24.7 Å². The average Bonchev–Trinajstić information content (AvgIpc) is 2.46. The van der Waals surface area contributed by atoms with Crippen molar-refractivity contribution in [3.8, 4) is 5.75 Å². The topological polar surface area (TPSA) is 60.2 Å². The third-order valence-electron chi connectivity index (χ3n) is 4.04. The maximum Gasteiger partial charge on any atom is 0.160 e. The van der Waals surface area contributed by atoms with E-state index in [-0.39, 0.29) is 0 Å². The lowest BCUT2D eigenvalue weighted by Gasteiger charge is -2.31. The van der Waals surface area contributed by atoms with Crippen molar-refractivity contribution in [3.63, 3.8) is 0 Å². The fraction of sp³-hybridized carbons (Fsp3) is 0.667. The molecular formula is C15H25N3O. The number of aromatic nitrogens is 1. The van der Waals surface area contributed by atoms with Crippen molar-refractivity contribution < 1.29 is 4.74 Å². The number of ether oxygens (including phenoxy) is 1. The highest BCUT2D eigenvalue weighted by Gasteiger charge is 2.23. The fourth-order valence-corrected chi connectivity index (χ4v) is 2.93. The van der Waals surface area contributed by atoms with Gasteiger partial charge in [0, 0.05) is 18.3 Å². The normalized spacial score (nSPS) is 18.1. The highest BCUT2D eigenvalue weighted by Crippen LogP contribution is 2.30. The lowest BCUT2D eigenvalue weighted by molar-refractivity contribution is 0.319. The van der Waals surface area contributed by atoms with Gasteiger partial charge in [0.1, 0.15) is 0 Å². The molecule has 1 aliphatic rings. The standard InChI is InChI=1S/C15H25N3O/c1-11-8-13(15(19-2)10-17-11)18-14(9-16)12-6-4-3-5-7-12/h8,10,12,14H,3-7,9,16H2,1-2H3,(H,17,18). The molecule has 1 fully saturated rings. The largest absolute Gasteiger partial charge is 0.493 e. The van der Waals surface area contributed by atoms with Crippen molar-refractivity contribution in [2.75, 3.05) is 19.0 Å². The van der Waals surface area contributed by atoms with E-state index in [0.717, 1.165) is 17.1 Å². The molecule has 1 aromatic heterocycles. The molecule has 0 radical (unpaired) electrons. The van der Waals surface area contributed by atoms with E-state index in [1.807, 2.05) is 13.0 Å². The monoisotopic (exact) mass is 263 g/mol. The van der Waals surface area contributed by atoms with Gasteiger partial charge in [0.05, 0.1) is 19.0 Å². The second kappa shape index (κ2) is 6.75. The van der Waals surface area contributed by atoms with Crippen LogP contribution in [0.4, 0.5) is 5.69 Å². The quantitative estimate of drug-likeness (QED) is 0.857. The number of hydrogen-bond donors (Lipinski definition) is 2. The van der Waals surface area contributed by atoms with Crippen LogP contribution in [0.3, 0.4) is 0 Å². The Labute approximate surface area is 115 Å². The van der Waals surface area contributed by atoms with Crippen molar-refractivity contribution >= 4 is 5.69 Å². The minimum Gasteiger partial charge on any atom is -0.493 e. The van der Waals surface area contributed by atoms with Gasteiger partial charge in [-0.05, 0) is 31.7 Å². The predicted molar refractivity (Wildman–Crippen MR) is 78.6 cm³/mol. The van der Waals surface area contributed by atoms with E-state index in [1.165, 1.54) is 32.1 Å². The number of pyridine rings is 1. The smallest absolute Gasteiger partial charge is 0.160 e. The molecule has 1 aromatic rings. The number of hydrogen-bond acceptors (Lipinski definition) is 4. The number of nitrogens with zero attached hydrogens (tertiary/aromatic N) is 1. The van der Waals surface area contributed by atoms with Gasteiger partial charge in [0.15, 0.2) is 5.75 Å². The summed E-state index contributed by atoms with van der Waals surface area (Å²) in [5, 5.41) is 3.57. The molecule has 1 unspecified atom stereocenters. The Balaban J connectivity index is 2.10. The molecule has 4 heteroatoms. The van der Waals surface area contributed by atoms with E-state index >= 15 is 0 Å². The summed E-state index contributed by atoms with van der Waals surface area (Å²) in [6, 6.07) is 2.36. The van der Waals surface area contributed by atoms with Crippen molar-refractivity contribution in [3.05, 3.63) is 18.0 Å². The number of anilines is 1. The molecule has 19 heavy (non-hydrogen) atoms. The van der Waals surface area contributed by atoms with E-state index < -0.39 is 0 Å². The third kappa shape index (κ3) is 3.60. The molecule has 0 amide bonds. The number of methoxy groups -OCH3 is 1. The van der Waals surface area contributed by atoms with Crippen molar-refractivity contribution in [2.45, 2.75) is 45.1 Å². The molecule has 2 rings (SSSR count). The highest BCUT2D eigenvalue weighted by molar-refractivity contribution is 5.56. The highest BCUT2D eigenvalue weighted by atomic mass is 16.5. The molecule has 1 atom stereocenters. The number of aryl methyl sites for hydroxylation is 1. The summed E-state index contributed by atoms with van der Waals surface area (Å²) in [5.41, 5.74) is 7.96. The van der Waals surface area contributed by atoms with Crippen LogP contribution in [0.1, 0.15) is 37.8 Å². The molecule has 1 saturated carbocycles. The first kappa shape index (κ1) is 14.1. The maximum absolute atomic E-state index is 5.96. The van der Waals surface area contributed by atoms with Crippen molar-refractivity contribution in [1.82, 2.24) is 4.98 Å². The number of nitrogens with one attached hydrogen (secondary N) is 1. The average molecular weight is 263 g/mol. The summed E-state index contributed by atoms with van der Waals surface area (Å²) in [7, 11) is 1.68. The molecule has 1 heterocycles. The van der Waals surface area contributed by atoms with Gasteiger partial charge < -0.3 is 15.8 Å². The van der Waals surface area contributed by atoms with Gasteiger partial charge in [0.2, 0.25) is 0 Å². The predicted octanol–water partition coefficient (Wildman–Crippen LogP) is 2.72. The Bertz CT molecular complexity index is 402. The first-order valence-corrected chi connectivity index (χ1v) is 7.22. The van der Waals surface area contributed by atoms with Gasteiger partial charge >= 0.3 is 0 Å². The zero-order valence-corrected chi connectivity index (χ0v) is 12.0. The van der Waals surface area contributed by atoms with Gasteiger partial charge in [-0.2, -0.15) is 0 Å². The summed E-state index contributed by atoms with van der Waals surface area (Å²) in [6.45, 7) is 2.65. The molecule has 1 aliphatic carbocycles. The number of rotatable bonds is 5. The maximum atomic E-state index is 5.96. The van der Waals surface area contributed by atoms with E-state index in [1.54, 1.807) is 13.3 Å². The minimum absolute atomic E-state index is 0.330. The molecule has 106 valence electrons. The van der Waals surface area contributed by atoms with Crippen LogP contribution in [0.5, 0.6) is 5.75 Å². The number of nitrogens with two attached hydrogens (primary N) is 1. The summed E-state index contributed by atoms with van der Waals surface area (Å²) in [6.07, 6.45) is 8.35. The molecule has 0 spiro atoms. The van der Waals surface area contributed by atoms with E-state index in [4.69, 9.17) is 10.5 Å². The van der Waals surface area contributed by atoms with Gasteiger partial charge in [0.25, 0.3) is 0 Å². The molecule has 4 nitrogen and oxygen atoms in total. The summed E-state index contributed by atoms with van der Waals surface area (Å²) in [5.74, 6) is 1.47. The molecule has 0 aliphatic heterocycles. The van der Waals surface area contributed by atoms with Crippen LogP contribution in [0, 0.1) is 12.8 Å². The second-order valence-corrected chi connectivity index (χ2v) is 5.41. The Morgan fingerprint density at radius 2 is 2.16 bits per heavy atom. The molecule has 0 aromatic carbocycles. The molecule has 0 bridgehead atoms. The first-order chi connectivity index (χ1) is 9.24. The van der Waals surface area contributed by atoms with Gasteiger partial charge in [-0.25, -0.2) is 0 Å². The first-order valence-electron chi connectivity index (χ1n) is 7.22. The third-order valence-corrected chi connectivity index (χ3v) is 4.04. The van der Waals surface area contributed by atoms with Gasteiger partial charge in [-0.3, -0.25) is 4.98 Å². The Kier molecular flexibility index (Phi) is 5.02. The zero-order valence-electron chi connectivity index (χ0n) is 12.0. The summed E-state index contributed by atoms with van der Waals surface area (Å²) >= 11 is 0. The minimum atomic E-state index is 0.330. The fourth-order valence-electron chi connectivity index (χ4n) is 2.93. The molecule has 3 N–H and O–H groups in total. The van der Waals surface area contributed by atoms with Crippen molar-refractivity contribution in [1.29, 1.82) is 0 Å². The van der Waals surface area contributed by atoms with Gasteiger partial charge in [-0.1, -0.05) is 19.3 Å². The van der Waals surface area contributed by atoms with Crippen LogP contribution >= 0.6 is 0 Å². The van der Waals surface area contributed by atoms with Crippen LogP contribution in [0.15, 0.2) is 12.3 Å². The Hall–Kier alpha value is -1.29. The second-order valence-electron chi connectivity index (χ2n) is 5.41. The van der Waals surface area contributed by atoms with Crippen LogP contribution in [0.25, 0.3) is 0 Å².